The summed E-state index contributed by atoms with van der Waals surface area (Å²) in [5.74, 6) is 0.541. The number of hydrogen-bond acceptors (Lipinski definition) is 5. The second kappa shape index (κ2) is 11.0. The van der Waals surface area contributed by atoms with E-state index >= 15 is 0 Å². The van der Waals surface area contributed by atoms with Gasteiger partial charge < -0.3 is 9.73 Å². The molecule has 8 heteroatoms. The number of para-hydroxylation sites is 2. The molecule has 0 bridgehead atoms. The van der Waals surface area contributed by atoms with Crippen LogP contribution >= 0.6 is 24.0 Å². The van der Waals surface area contributed by atoms with Crippen LogP contribution in [-0.2, 0) is 4.79 Å². The lowest BCUT2D eigenvalue weighted by molar-refractivity contribution is -0.119. The number of thioether (sulfide) groups is 1. The van der Waals surface area contributed by atoms with E-state index in [1.54, 1.807) is 0 Å². The average molecular weight is 395 g/mol. The van der Waals surface area contributed by atoms with Crippen molar-refractivity contribution in [3.05, 3.63) is 24.3 Å². The van der Waals surface area contributed by atoms with E-state index in [9.17, 15) is 4.79 Å². The molecule has 0 aliphatic carbocycles. The molecule has 1 atom stereocenters. The highest BCUT2D eigenvalue weighted by molar-refractivity contribution is 7.99. The van der Waals surface area contributed by atoms with Gasteiger partial charge in [0.05, 0.1) is 5.75 Å². The van der Waals surface area contributed by atoms with Crippen LogP contribution in [0.15, 0.2) is 33.9 Å². The molecule has 0 aliphatic heterocycles. The number of fused-ring (bicyclic) bond motifs is 1. The number of carbonyl (C=O) groups is 1. The standard InChI is InChI=1S/C18H26N4O2S2/c1-3-4-5-8-13(2)11-19-17(25)22-21-16(23)12-26-18-20-14-9-6-7-10-15(14)24-18/h6-7,9-10,13H,3-5,8,11-12H2,1-2H3,(H,21,23)(H2,19,22,25)/t13-/m1/s1. The molecule has 0 radical (unpaired) electrons. The number of nitrogens with zero attached hydrogens (tertiary/aromatic N) is 1. The van der Waals surface area contributed by atoms with Crippen LogP contribution in [0.25, 0.3) is 11.1 Å². The maximum absolute atomic E-state index is 11.9. The summed E-state index contributed by atoms with van der Waals surface area (Å²) in [4.78, 5) is 16.2. The van der Waals surface area contributed by atoms with E-state index in [-0.39, 0.29) is 11.7 Å². The topological polar surface area (TPSA) is 79.2 Å². The molecule has 0 spiro atoms. The average Bonchev–Trinajstić information content (AvgIpc) is 3.06. The lowest BCUT2D eigenvalue weighted by Crippen LogP contribution is -2.48. The van der Waals surface area contributed by atoms with Gasteiger partial charge in [-0.15, -0.1) is 0 Å². The van der Waals surface area contributed by atoms with E-state index in [2.05, 4.69) is 35.0 Å². The zero-order chi connectivity index (χ0) is 18.8. The van der Waals surface area contributed by atoms with Gasteiger partial charge in [0, 0.05) is 6.54 Å². The summed E-state index contributed by atoms with van der Waals surface area (Å²) >= 11 is 6.41. The van der Waals surface area contributed by atoms with Crippen LogP contribution in [0.1, 0.15) is 39.5 Å². The second-order valence-corrected chi connectivity index (χ2v) is 7.56. The first-order chi connectivity index (χ1) is 12.6. The van der Waals surface area contributed by atoms with Crippen LogP contribution in [0.4, 0.5) is 0 Å². The molecule has 1 amide bonds. The van der Waals surface area contributed by atoms with E-state index in [4.69, 9.17) is 16.6 Å². The molecule has 0 unspecified atom stereocenters. The number of hydrogen-bond donors (Lipinski definition) is 3. The Bertz CT molecular complexity index is 687. The summed E-state index contributed by atoms with van der Waals surface area (Å²) in [6, 6.07) is 7.50. The Morgan fingerprint density at radius 2 is 2.12 bits per heavy atom. The summed E-state index contributed by atoms with van der Waals surface area (Å²) in [5.41, 5.74) is 6.80. The Labute approximate surface area is 163 Å². The van der Waals surface area contributed by atoms with Gasteiger partial charge in [0.2, 0.25) is 5.91 Å². The summed E-state index contributed by atoms with van der Waals surface area (Å²) in [7, 11) is 0. The van der Waals surface area contributed by atoms with E-state index in [1.807, 2.05) is 24.3 Å². The molecule has 1 aromatic heterocycles. The van der Waals surface area contributed by atoms with E-state index in [0.717, 1.165) is 12.1 Å². The van der Waals surface area contributed by atoms with Crippen molar-refractivity contribution >= 4 is 46.1 Å². The van der Waals surface area contributed by atoms with Gasteiger partial charge in [0.25, 0.3) is 5.22 Å². The highest BCUT2D eigenvalue weighted by atomic mass is 32.2. The Hall–Kier alpha value is -1.80. The fraction of sp³-hybridized carbons (Fsp3) is 0.500. The van der Waals surface area contributed by atoms with Crippen molar-refractivity contribution in [2.45, 2.75) is 44.8 Å². The molecule has 3 N–H and O–H groups in total. The molecule has 1 heterocycles. The highest BCUT2D eigenvalue weighted by Crippen LogP contribution is 2.22. The number of nitrogens with one attached hydrogen (secondary N) is 3. The smallest absolute Gasteiger partial charge is 0.257 e. The number of unbranched alkanes of at least 4 members (excludes halogenated alkanes) is 2. The molecule has 2 aromatic rings. The molecule has 26 heavy (non-hydrogen) atoms. The van der Waals surface area contributed by atoms with Gasteiger partial charge in [-0.25, -0.2) is 4.98 Å². The largest absolute Gasteiger partial charge is 0.431 e. The maximum atomic E-state index is 11.9. The molecule has 1 aromatic carbocycles. The van der Waals surface area contributed by atoms with Gasteiger partial charge in [0.15, 0.2) is 10.7 Å². The summed E-state index contributed by atoms with van der Waals surface area (Å²) in [6.45, 7) is 5.19. The molecule has 6 nitrogen and oxygen atoms in total. The van der Waals surface area contributed by atoms with Crippen molar-refractivity contribution in [2.75, 3.05) is 12.3 Å². The first-order valence-electron chi connectivity index (χ1n) is 8.89. The van der Waals surface area contributed by atoms with Gasteiger partial charge in [-0.3, -0.25) is 15.6 Å². The Balaban J connectivity index is 1.61. The van der Waals surface area contributed by atoms with Crippen LogP contribution < -0.4 is 16.2 Å². The third kappa shape index (κ3) is 7.21. The number of rotatable bonds is 9. The van der Waals surface area contributed by atoms with Crippen molar-refractivity contribution in [3.63, 3.8) is 0 Å². The SMILES string of the molecule is CCCCC[C@@H](C)CNC(=S)NNC(=O)CSc1nc2ccccc2o1. The fourth-order valence-electron chi connectivity index (χ4n) is 2.36. The minimum atomic E-state index is -0.197. The second-order valence-electron chi connectivity index (χ2n) is 6.22. The molecule has 0 aliphatic rings. The van der Waals surface area contributed by atoms with Crippen molar-refractivity contribution in [1.82, 2.24) is 21.2 Å². The van der Waals surface area contributed by atoms with Crippen molar-refractivity contribution < 1.29 is 9.21 Å². The van der Waals surface area contributed by atoms with Crippen molar-refractivity contribution in [2.24, 2.45) is 5.92 Å². The van der Waals surface area contributed by atoms with E-state index in [0.29, 0.717) is 21.8 Å². The van der Waals surface area contributed by atoms with Crippen molar-refractivity contribution in [1.29, 1.82) is 0 Å². The normalized spacial score (nSPS) is 11.9. The minimum Gasteiger partial charge on any atom is -0.431 e. The van der Waals surface area contributed by atoms with Crippen LogP contribution in [0, 0.1) is 5.92 Å². The van der Waals surface area contributed by atoms with Crippen LogP contribution in [0.5, 0.6) is 0 Å². The van der Waals surface area contributed by atoms with Gasteiger partial charge >= 0.3 is 0 Å². The third-order valence-corrected chi connectivity index (χ3v) is 4.90. The third-order valence-electron chi connectivity index (χ3n) is 3.83. The first kappa shape index (κ1) is 20.5. The number of aromatic nitrogens is 1. The van der Waals surface area contributed by atoms with Gasteiger partial charge in [-0.1, -0.05) is 57.0 Å². The molecule has 0 fully saturated rings. The zero-order valence-corrected chi connectivity index (χ0v) is 16.8. The van der Waals surface area contributed by atoms with E-state index < -0.39 is 0 Å². The zero-order valence-electron chi connectivity index (χ0n) is 15.2. The Morgan fingerprint density at radius 3 is 2.88 bits per heavy atom. The number of benzene rings is 1. The molecule has 0 saturated heterocycles. The maximum Gasteiger partial charge on any atom is 0.257 e. The van der Waals surface area contributed by atoms with Gasteiger partial charge in [-0.05, 0) is 36.7 Å². The number of hydrazine groups is 1. The molecular weight excluding hydrogens is 368 g/mol. The molecule has 142 valence electrons. The quantitative estimate of drug-likeness (QED) is 0.259. The summed E-state index contributed by atoms with van der Waals surface area (Å²) in [6.07, 6.45) is 4.91. The van der Waals surface area contributed by atoms with E-state index in [1.165, 1.54) is 37.4 Å². The number of amides is 1. The molecule has 2 rings (SSSR count). The predicted octanol–water partition coefficient (Wildman–Crippen LogP) is 3.63. The molecular formula is C18H26N4O2S2. The van der Waals surface area contributed by atoms with Gasteiger partial charge in [0.1, 0.15) is 5.52 Å². The lowest BCUT2D eigenvalue weighted by Gasteiger charge is -2.15. The minimum absolute atomic E-state index is 0.190. The number of carbonyl (C=O) groups excluding carboxylic acids is 1. The van der Waals surface area contributed by atoms with Crippen LogP contribution in [-0.4, -0.2) is 28.3 Å². The van der Waals surface area contributed by atoms with Gasteiger partial charge in [-0.2, -0.15) is 0 Å². The Kier molecular flexibility index (Phi) is 8.70. The lowest BCUT2D eigenvalue weighted by atomic mass is 10.0. The number of thiocarbonyl (C=S) groups is 1. The Morgan fingerprint density at radius 1 is 1.31 bits per heavy atom. The molecule has 0 saturated carbocycles. The highest BCUT2D eigenvalue weighted by Gasteiger charge is 2.09. The summed E-state index contributed by atoms with van der Waals surface area (Å²) in [5, 5.41) is 4.02. The fourth-order valence-corrected chi connectivity index (χ4v) is 3.13. The summed E-state index contributed by atoms with van der Waals surface area (Å²) < 4.78 is 5.56. The first-order valence-corrected chi connectivity index (χ1v) is 10.3. The predicted molar refractivity (Wildman–Crippen MR) is 110 cm³/mol. The van der Waals surface area contributed by atoms with Crippen LogP contribution in [0.3, 0.4) is 0 Å². The monoisotopic (exact) mass is 394 g/mol. The van der Waals surface area contributed by atoms with Crippen LogP contribution in [0.2, 0.25) is 0 Å². The van der Waals surface area contributed by atoms with Crippen molar-refractivity contribution in [3.8, 4) is 0 Å². The number of oxazole rings is 1.